The summed E-state index contributed by atoms with van der Waals surface area (Å²) in [4.78, 5) is 26.5. The molecule has 1 aliphatic heterocycles. The summed E-state index contributed by atoms with van der Waals surface area (Å²) in [6, 6.07) is 8.87. The van der Waals surface area contributed by atoms with Gasteiger partial charge in [0, 0.05) is 18.5 Å². The Morgan fingerprint density at radius 1 is 1.15 bits per heavy atom. The van der Waals surface area contributed by atoms with Gasteiger partial charge in [-0.25, -0.2) is 0 Å². The molecular weight excluding hydrogens is 346 g/mol. The van der Waals surface area contributed by atoms with Gasteiger partial charge in [0.2, 0.25) is 5.91 Å². The molecule has 3 rings (SSSR count). The molecule has 0 atom stereocenters. The number of ether oxygens (including phenoxy) is 1. The number of furan rings is 1. The number of nitrogens with zero attached hydrogens (tertiary/aromatic N) is 1. The predicted octanol–water partition coefficient (Wildman–Crippen LogP) is 3.02. The van der Waals surface area contributed by atoms with E-state index in [1.165, 1.54) is 20.0 Å². The molecule has 144 valence electrons. The smallest absolute Gasteiger partial charge is 0.291 e. The van der Waals surface area contributed by atoms with Crippen LogP contribution in [-0.4, -0.2) is 43.5 Å². The standard InChI is InChI=1S/C20H25N3O4/c1-14-5-6-15(21-19(24)13-26-2)11-17(14)22-20(25)18-8-7-16(27-18)12-23-9-3-4-10-23/h5-8,11H,3-4,9-10,12-13H2,1-2H3,(H,21,24)(H,22,25). The van der Waals surface area contributed by atoms with Gasteiger partial charge in [-0.2, -0.15) is 0 Å². The Balaban J connectivity index is 1.64. The summed E-state index contributed by atoms with van der Waals surface area (Å²) in [7, 11) is 1.46. The number of hydrogen-bond donors (Lipinski definition) is 2. The van der Waals surface area contributed by atoms with Gasteiger partial charge in [-0.05, 0) is 62.7 Å². The van der Waals surface area contributed by atoms with Crippen LogP contribution in [0.3, 0.4) is 0 Å². The van der Waals surface area contributed by atoms with E-state index in [2.05, 4.69) is 15.5 Å². The number of benzene rings is 1. The zero-order chi connectivity index (χ0) is 19.2. The summed E-state index contributed by atoms with van der Waals surface area (Å²) in [5.41, 5.74) is 2.09. The van der Waals surface area contributed by atoms with Crippen LogP contribution in [0.5, 0.6) is 0 Å². The number of hydrogen-bond acceptors (Lipinski definition) is 5. The lowest BCUT2D eigenvalue weighted by Gasteiger charge is -2.12. The van der Waals surface area contributed by atoms with E-state index in [9.17, 15) is 9.59 Å². The third-order valence-electron chi connectivity index (χ3n) is 4.51. The number of likely N-dealkylation sites (tertiary alicyclic amines) is 1. The maximum atomic E-state index is 12.5. The van der Waals surface area contributed by atoms with Gasteiger partial charge in [-0.3, -0.25) is 14.5 Å². The van der Waals surface area contributed by atoms with Crippen molar-refractivity contribution in [2.45, 2.75) is 26.3 Å². The average Bonchev–Trinajstić information content (AvgIpc) is 3.30. The monoisotopic (exact) mass is 371 g/mol. The van der Waals surface area contributed by atoms with Crippen LogP contribution in [0.1, 0.15) is 34.7 Å². The van der Waals surface area contributed by atoms with Crippen LogP contribution in [-0.2, 0) is 16.1 Å². The molecule has 2 aromatic rings. The van der Waals surface area contributed by atoms with Gasteiger partial charge >= 0.3 is 0 Å². The van der Waals surface area contributed by atoms with Gasteiger partial charge < -0.3 is 19.8 Å². The van der Waals surface area contributed by atoms with Crippen molar-refractivity contribution in [1.82, 2.24) is 4.90 Å². The molecular formula is C20H25N3O4. The Labute approximate surface area is 158 Å². The maximum Gasteiger partial charge on any atom is 0.291 e. The molecule has 2 heterocycles. The predicted molar refractivity (Wildman–Crippen MR) is 103 cm³/mol. The van der Waals surface area contributed by atoms with E-state index < -0.39 is 0 Å². The highest BCUT2D eigenvalue weighted by Crippen LogP contribution is 2.22. The summed E-state index contributed by atoms with van der Waals surface area (Å²) in [6.07, 6.45) is 2.43. The largest absolute Gasteiger partial charge is 0.455 e. The second-order valence-electron chi connectivity index (χ2n) is 6.71. The molecule has 2 N–H and O–H groups in total. The molecule has 1 saturated heterocycles. The Kier molecular flexibility index (Phi) is 6.26. The van der Waals surface area contributed by atoms with E-state index in [0.717, 1.165) is 31.0 Å². The van der Waals surface area contributed by atoms with Crippen molar-refractivity contribution in [3.63, 3.8) is 0 Å². The average molecular weight is 371 g/mol. The quantitative estimate of drug-likeness (QED) is 0.782. The van der Waals surface area contributed by atoms with E-state index in [-0.39, 0.29) is 24.2 Å². The Hall–Kier alpha value is -2.64. The van der Waals surface area contributed by atoms with Gasteiger partial charge in [0.05, 0.1) is 6.54 Å². The molecule has 7 heteroatoms. The molecule has 0 bridgehead atoms. The number of carbonyl (C=O) groups is 2. The molecule has 27 heavy (non-hydrogen) atoms. The number of carbonyl (C=O) groups excluding carboxylic acids is 2. The zero-order valence-electron chi connectivity index (χ0n) is 15.7. The molecule has 0 unspecified atom stereocenters. The second-order valence-corrected chi connectivity index (χ2v) is 6.71. The van der Waals surface area contributed by atoms with E-state index in [4.69, 9.17) is 9.15 Å². The highest BCUT2D eigenvalue weighted by atomic mass is 16.5. The molecule has 1 aromatic carbocycles. The summed E-state index contributed by atoms with van der Waals surface area (Å²) in [6.45, 7) is 4.73. The first-order valence-corrected chi connectivity index (χ1v) is 9.07. The lowest BCUT2D eigenvalue weighted by molar-refractivity contribution is -0.119. The number of methoxy groups -OCH3 is 1. The van der Waals surface area contributed by atoms with Crippen molar-refractivity contribution in [3.05, 3.63) is 47.4 Å². The number of aryl methyl sites for hydroxylation is 1. The molecule has 0 aliphatic carbocycles. The van der Waals surface area contributed by atoms with Crippen molar-refractivity contribution in [2.75, 3.05) is 37.4 Å². The summed E-state index contributed by atoms with van der Waals surface area (Å²) < 4.78 is 10.5. The fourth-order valence-electron chi connectivity index (χ4n) is 3.09. The van der Waals surface area contributed by atoms with Gasteiger partial charge in [0.15, 0.2) is 5.76 Å². The number of nitrogens with one attached hydrogen (secondary N) is 2. The third-order valence-corrected chi connectivity index (χ3v) is 4.51. The van der Waals surface area contributed by atoms with E-state index >= 15 is 0 Å². The Bertz CT molecular complexity index is 809. The minimum Gasteiger partial charge on any atom is -0.455 e. The highest BCUT2D eigenvalue weighted by Gasteiger charge is 2.17. The maximum absolute atomic E-state index is 12.5. The molecule has 7 nitrogen and oxygen atoms in total. The topological polar surface area (TPSA) is 83.8 Å². The van der Waals surface area contributed by atoms with Crippen LogP contribution < -0.4 is 10.6 Å². The molecule has 0 saturated carbocycles. The van der Waals surface area contributed by atoms with Gasteiger partial charge in [0.25, 0.3) is 5.91 Å². The van der Waals surface area contributed by atoms with Crippen molar-refractivity contribution in [1.29, 1.82) is 0 Å². The summed E-state index contributed by atoms with van der Waals surface area (Å²) in [5.74, 6) is 0.499. The van der Waals surface area contributed by atoms with Crippen LogP contribution in [0, 0.1) is 6.92 Å². The SMILES string of the molecule is COCC(=O)Nc1ccc(C)c(NC(=O)c2ccc(CN3CCCC3)o2)c1. The molecule has 1 aromatic heterocycles. The van der Waals surface area contributed by atoms with E-state index in [0.29, 0.717) is 11.4 Å². The number of rotatable bonds is 7. The van der Waals surface area contributed by atoms with Gasteiger partial charge in [-0.1, -0.05) is 6.07 Å². The first-order valence-electron chi connectivity index (χ1n) is 9.07. The van der Waals surface area contributed by atoms with Crippen LogP contribution in [0.15, 0.2) is 34.7 Å². The molecule has 1 aliphatic rings. The minimum absolute atomic E-state index is 0.0260. The van der Waals surface area contributed by atoms with Crippen molar-refractivity contribution in [3.8, 4) is 0 Å². The normalized spacial score (nSPS) is 14.3. The zero-order valence-corrected chi connectivity index (χ0v) is 15.7. The Morgan fingerprint density at radius 2 is 1.93 bits per heavy atom. The lowest BCUT2D eigenvalue weighted by Crippen LogP contribution is -2.18. The van der Waals surface area contributed by atoms with Crippen LogP contribution in [0.2, 0.25) is 0 Å². The van der Waals surface area contributed by atoms with Gasteiger partial charge in [0.1, 0.15) is 12.4 Å². The van der Waals surface area contributed by atoms with Gasteiger partial charge in [-0.15, -0.1) is 0 Å². The van der Waals surface area contributed by atoms with E-state index in [1.54, 1.807) is 18.2 Å². The van der Waals surface area contributed by atoms with Crippen molar-refractivity contribution >= 4 is 23.2 Å². The minimum atomic E-state index is -0.314. The first kappa shape index (κ1) is 19.1. The third kappa shape index (κ3) is 5.18. The fraction of sp³-hybridized carbons (Fsp3) is 0.400. The molecule has 2 amide bonds. The molecule has 0 radical (unpaired) electrons. The highest BCUT2D eigenvalue weighted by molar-refractivity contribution is 6.03. The first-order chi connectivity index (χ1) is 13.0. The number of anilines is 2. The van der Waals surface area contributed by atoms with Crippen LogP contribution in [0.4, 0.5) is 11.4 Å². The van der Waals surface area contributed by atoms with Crippen LogP contribution in [0.25, 0.3) is 0 Å². The number of amides is 2. The second kappa shape index (κ2) is 8.83. The fourth-order valence-corrected chi connectivity index (χ4v) is 3.09. The molecule has 1 fully saturated rings. The van der Waals surface area contributed by atoms with Crippen molar-refractivity contribution in [2.24, 2.45) is 0 Å². The van der Waals surface area contributed by atoms with Crippen LogP contribution >= 0.6 is 0 Å². The molecule has 0 spiro atoms. The van der Waals surface area contributed by atoms with E-state index in [1.807, 2.05) is 19.1 Å². The Morgan fingerprint density at radius 3 is 2.67 bits per heavy atom. The lowest BCUT2D eigenvalue weighted by atomic mass is 10.1. The van der Waals surface area contributed by atoms with Crippen molar-refractivity contribution < 1.29 is 18.7 Å². The summed E-state index contributed by atoms with van der Waals surface area (Å²) >= 11 is 0. The summed E-state index contributed by atoms with van der Waals surface area (Å²) in [5, 5.41) is 5.57.